The molecule has 0 aliphatic carbocycles. The number of ether oxygens (including phenoxy) is 2. The Morgan fingerprint density at radius 3 is 2.00 bits per heavy atom. The Bertz CT molecular complexity index is 1450. The monoisotopic (exact) mass is 507 g/mol. The summed E-state index contributed by atoms with van der Waals surface area (Å²) >= 11 is 0. The molecule has 0 radical (unpaired) electrons. The highest BCUT2D eigenvalue weighted by molar-refractivity contribution is 5.83. The van der Waals surface area contributed by atoms with Gasteiger partial charge in [-0.25, -0.2) is 4.98 Å². The van der Waals surface area contributed by atoms with Crippen LogP contribution in [0, 0.1) is 0 Å². The van der Waals surface area contributed by atoms with Crippen LogP contribution in [-0.2, 0) is 10.8 Å². The zero-order valence-electron chi connectivity index (χ0n) is 23.4. The lowest BCUT2D eigenvalue weighted by Crippen LogP contribution is -2.23. The molecular formula is C33H37N3O2. The normalized spacial score (nSPS) is 13.4. The molecule has 1 aliphatic heterocycles. The Balaban J connectivity index is 1.36. The van der Waals surface area contributed by atoms with Crippen molar-refractivity contribution >= 4 is 17.1 Å². The van der Waals surface area contributed by atoms with Crippen LogP contribution in [-0.4, -0.2) is 18.7 Å². The maximum Gasteiger partial charge on any atom is 0.219 e. The van der Waals surface area contributed by atoms with Gasteiger partial charge in [-0.05, 0) is 64.4 Å². The number of hydrogen-bond acceptors (Lipinski definition) is 5. The number of fused-ring (bicyclic) bond motifs is 1. The Hall–Kier alpha value is -3.99. The number of aromatic nitrogens is 1. The summed E-state index contributed by atoms with van der Waals surface area (Å²) in [5.74, 6) is 2.74. The van der Waals surface area contributed by atoms with Crippen LogP contribution in [0.4, 0.5) is 17.1 Å². The molecule has 0 N–H and O–H groups in total. The Kier molecular flexibility index (Phi) is 6.56. The average molecular weight is 508 g/mol. The highest BCUT2D eigenvalue weighted by Gasteiger charge is 2.27. The van der Waals surface area contributed by atoms with Gasteiger partial charge in [-0.15, -0.1) is 0 Å². The molecule has 5 nitrogen and oxygen atoms in total. The van der Waals surface area contributed by atoms with Crippen LogP contribution in [0.2, 0.25) is 0 Å². The number of benzene rings is 3. The molecule has 3 aromatic carbocycles. The van der Waals surface area contributed by atoms with Crippen LogP contribution < -0.4 is 19.3 Å². The third-order valence-corrected chi connectivity index (χ3v) is 6.89. The topological polar surface area (TPSA) is 37.8 Å². The summed E-state index contributed by atoms with van der Waals surface area (Å²) < 4.78 is 12.4. The first-order valence-electron chi connectivity index (χ1n) is 13.1. The van der Waals surface area contributed by atoms with Crippen molar-refractivity contribution in [2.24, 2.45) is 0 Å². The lowest BCUT2D eigenvalue weighted by atomic mass is 9.86. The van der Waals surface area contributed by atoms with E-state index < -0.39 is 0 Å². The van der Waals surface area contributed by atoms with E-state index in [4.69, 9.17) is 9.47 Å². The first kappa shape index (κ1) is 25.7. The van der Waals surface area contributed by atoms with Gasteiger partial charge in [0.2, 0.25) is 5.88 Å². The van der Waals surface area contributed by atoms with Crippen molar-refractivity contribution in [3.8, 4) is 23.1 Å². The quantitative estimate of drug-likeness (QED) is 0.270. The zero-order valence-corrected chi connectivity index (χ0v) is 23.4. The van der Waals surface area contributed by atoms with E-state index in [0.29, 0.717) is 17.4 Å². The molecule has 38 heavy (non-hydrogen) atoms. The molecule has 5 rings (SSSR count). The fraction of sp³-hybridized carbons (Fsp3) is 0.303. The molecular weight excluding hydrogens is 470 g/mol. The maximum atomic E-state index is 6.29. The summed E-state index contributed by atoms with van der Waals surface area (Å²) in [6.45, 7) is 14.1. The van der Waals surface area contributed by atoms with Crippen molar-refractivity contribution in [2.45, 2.75) is 52.4 Å². The van der Waals surface area contributed by atoms with E-state index in [9.17, 15) is 0 Å². The molecule has 0 amide bonds. The first-order chi connectivity index (χ1) is 18.0. The smallest absolute Gasteiger partial charge is 0.219 e. The van der Waals surface area contributed by atoms with Gasteiger partial charge in [-0.3, -0.25) is 0 Å². The molecule has 0 saturated carbocycles. The van der Waals surface area contributed by atoms with Gasteiger partial charge in [0.1, 0.15) is 17.2 Å². The number of anilines is 3. The number of pyridine rings is 1. The summed E-state index contributed by atoms with van der Waals surface area (Å²) in [5.41, 5.74) is 6.16. The summed E-state index contributed by atoms with van der Waals surface area (Å²) in [5, 5.41) is 0. The van der Waals surface area contributed by atoms with E-state index in [1.165, 1.54) is 22.5 Å². The van der Waals surface area contributed by atoms with Gasteiger partial charge in [-0.2, -0.15) is 0 Å². The van der Waals surface area contributed by atoms with Crippen molar-refractivity contribution < 1.29 is 9.47 Å². The lowest BCUT2D eigenvalue weighted by Gasteiger charge is -2.23. The molecule has 0 saturated heterocycles. The Labute approximate surface area is 226 Å². The maximum absolute atomic E-state index is 6.29. The van der Waals surface area contributed by atoms with Crippen LogP contribution in [0.1, 0.15) is 52.7 Å². The SMILES string of the molecule is CN1CN(c2cccc(Oc3cccc(Oc4cc(C(C)(C)C)ccn4)c3)c2)c2cc(C(C)(C)C)ccc21. The summed E-state index contributed by atoms with van der Waals surface area (Å²) in [6, 6.07) is 26.7. The summed E-state index contributed by atoms with van der Waals surface area (Å²) in [4.78, 5) is 9.01. The van der Waals surface area contributed by atoms with Gasteiger partial charge in [0.25, 0.3) is 0 Å². The van der Waals surface area contributed by atoms with E-state index in [2.05, 4.69) is 93.7 Å². The molecule has 1 aliphatic rings. The predicted octanol–water partition coefficient (Wildman–Crippen LogP) is 8.81. The van der Waals surface area contributed by atoms with E-state index in [1.54, 1.807) is 6.20 Å². The number of rotatable bonds is 5. The van der Waals surface area contributed by atoms with Crippen LogP contribution in [0.15, 0.2) is 85.1 Å². The van der Waals surface area contributed by atoms with Crippen molar-refractivity contribution in [2.75, 3.05) is 23.5 Å². The third kappa shape index (κ3) is 5.47. The third-order valence-electron chi connectivity index (χ3n) is 6.89. The molecule has 2 heterocycles. The van der Waals surface area contributed by atoms with Gasteiger partial charge in [0.05, 0.1) is 18.0 Å². The molecule has 0 spiro atoms. The highest BCUT2D eigenvalue weighted by atomic mass is 16.5. The van der Waals surface area contributed by atoms with E-state index in [1.807, 2.05) is 48.5 Å². The van der Waals surface area contributed by atoms with Gasteiger partial charge in [0, 0.05) is 37.1 Å². The van der Waals surface area contributed by atoms with Gasteiger partial charge in [-0.1, -0.05) is 59.7 Å². The average Bonchev–Trinajstić information content (AvgIpc) is 3.19. The summed E-state index contributed by atoms with van der Waals surface area (Å²) in [7, 11) is 2.13. The first-order valence-corrected chi connectivity index (χ1v) is 13.1. The van der Waals surface area contributed by atoms with E-state index in [-0.39, 0.29) is 10.8 Å². The Morgan fingerprint density at radius 2 is 1.29 bits per heavy atom. The second-order valence-corrected chi connectivity index (χ2v) is 12.0. The van der Waals surface area contributed by atoms with Gasteiger partial charge >= 0.3 is 0 Å². The molecule has 0 fully saturated rings. The van der Waals surface area contributed by atoms with Crippen LogP contribution in [0.3, 0.4) is 0 Å². The highest BCUT2D eigenvalue weighted by Crippen LogP contribution is 2.43. The van der Waals surface area contributed by atoms with Gasteiger partial charge < -0.3 is 19.3 Å². The number of nitrogens with zero attached hydrogens (tertiary/aromatic N) is 3. The molecule has 4 aromatic rings. The van der Waals surface area contributed by atoms with Crippen LogP contribution in [0.5, 0.6) is 23.1 Å². The minimum absolute atomic E-state index is 0.0238. The second-order valence-electron chi connectivity index (χ2n) is 12.0. The largest absolute Gasteiger partial charge is 0.457 e. The fourth-order valence-corrected chi connectivity index (χ4v) is 4.62. The predicted molar refractivity (Wildman–Crippen MR) is 157 cm³/mol. The van der Waals surface area contributed by atoms with Crippen molar-refractivity contribution in [3.63, 3.8) is 0 Å². The number of hydrogen-bond donors (Lipinski definition) is 0. The molecule has 1 aromatic heterocycles. The lowest BCUT2D eigenvalue weighted by molar-refractivity contribution is 0.446. The second kappa shape index (κ2) is 9.71. The van der Waals surface area contributed by atoms with Crippen LogP contribution >= 0.6 is 0 Å². The summed E-state index contributed by atoms with van der Waals surface area (Å²) in [6.07, 6.45) is 1.79. The molecule has 5 heteroatoms. The molecule has 0 unspecified atom stereocenters. The van der Waals surface area contributed by atoms with Crippen molar-refractivity contribution in [1.29, 1.82) is 0 Å². The minimum Gasteiger partial charge on any atom is -0.457 e. The standard InChI is InChI=1S/C33H37N3O2/c1-32(2,3)23-14-15-29-30(18-23)36(22-35(29)7)25-10-8-11-26(20-25)37-27-12-9-13-28(21-27)38-31-19-24(16-17-34-31)33(4,5)6/h8-21H,22H2,1-7H3. The zero-order chi connectivity index (χ0) is 27.1. The molecule has 0 bridgehead atoms. The van der Waals surface area contributed by atoms with Crippen LogP contribution in [0.25, 0.3) is 0 Å². The molecule has 0 atom stereocenters. The van der Waals surface area contributed by atoms with Crippen molar-refractivity contribution in [3.05, 3.63) is 96.2 Å². The van der Waals surface area contributed by atoms with Crippen molar-refractivity contribution in [1.82, 2.24) is 4.98 Å². The minimum atomic E-state index is 0.0238. The van der Waals surface area contributed by atoms with E-state index in [0.717, 1.165) is 18.1 Å². The fourth-order valence-electron chi connectivity index (χ4n) is 4.62. The van der Waals surface area contributed by atoms with E-state index >= 15 is 0 Å². The molecule has 196 valence electrons. The Morgan fingerprint density at radius 1 is 0.658 bits per heavy atom. The van der Waals surface area contributed by atoms with Gasteiger partial charge in [0.15, 0.2) is 0 Å².